The van der Waals surface area contributed by atoms with Crippen LogP contribution in [0.4, 0.5) is 0 Å². The van der Waals surface area contributed by atoms with Gasteiger partial charge in [-0.25, -0.2) is 0 Å². The number of imide groups is 1. The second-order valence-corrected chi connectivity index (χ2v) is 7.85. The number of amides is 3. The number of hydrogen-bond donors (Lipinski definition) is 2. The van der Waals surface area contributed by atoms with E-state index >= 15 is 0 Å². The molecule has 3 atom stereocenters. The van der Waals surface area contributed by atoms with E-state index in [1.54, 1.807) is 4.90 Å². The van der Waals surface area contributed by atoms with Crippen LogP contribution in [0.1, 0.15) is 48.2 Å². The Bertz CT molecular complexity index is 793. The molecule has 3 amide bonds. The van der Waals surface area contributed by atoms with Gasteiger partial charge < -0.3 is 10.2 Å². The SMILES string of the molecule is C[C@H]1NCCN(Cc2ccc3c(c2)C(=O)N(C2CCC(=O)NC2=O)C3)[C@H]1C. The first-order chi connectivity index (χ1) is 12.9. The van der Waals surface area contributed by atoms with Gasteiger partial charge in [0.1, 0.15) is 6.04 Å². The predicted octanol–water partition coefficient (Wildman–Crippen LogP) is 0.630. The van der Waals surface area contributed by atoms with Crippen LogP contribution in [-0.2, 0) is 22.7 Å². The highest BCUT2D eigenvalue weighted by Gasteiger charge is 2.39. The molecule has 0 aliphatic carbocycles. The molecule has 0 bridgehead atoms. The van der Waals surface area contributed by atoms with Crippen LogP contribution in [0.25, 0.3) is 0 Å². The van der Waals surface area contributed by atoms with Gasteiger partial charge in [-0.1, -0.05) is 12.1 Å². The number of rotatable bonds is 3. The van der Waals surface area contributed by atoms with Crippen LogP contribution in [0.15, 0.2) is 18.2 Å². The molecule has 2 N–H and O–H groups in total. The normalized spacial score (nSPS) is 29.0. The van der Waals surface area contributed by atoms with Crippen molar-refractivity contribution < 1.29 is 14.4 Å². The summed E-state index contributed by atoms with van der Waals surface area (Å²) < 4.78 is 0. The Balaban J connectivity index is 1.50. The molecule has 1 aromatic carbocycles. The smallest absolute Gasteiger partial charge is 0.255 e. The van der Waals surface area contributed by atoms with E-state index in [1.165, 1.54) is 0 Å². The quantitative estimate of drug-likeness (QED) is 0.763. The highest BCUT2D eigenvalue weighted by molar-refractivity contribution is 6.05. The van der Waals surface area contributed by atoms with Crippen molar-refractivity contribution in [3.05, 3.63) is 34.9 Å². The molecule has 0 radical (unpaired) electrons. The fourth-order valence-corrected chi connectivity index (χ4v) is 4.28. The van der Waals surface area contributed by atoms with Gasteiger partial charge in [0.25, 0.3) is 5.91 Å². The fourth-order valence-electron chi connectivity index (χ4n) is 4.28. The van der Waals surface area contributed by atoms with Crippen LogP contribution in [0.2, 0.25) is 0 Å². The summed E-state index contributed by atoms with van der Waals surface area (Å²) in [6, 6.07) is 6.38. The third kappa shape index (κ3) is 3.37. The highest BCUT2D eigenvalue weighted by atomic mass is 16.2. The molecular formula is C20H26N4O3. The van der Waals surface area contributed by atoms with E-state index in [2.05, 4.69) is 35.4 Å². The van der Waals surface area contributed by atoms with Gasteiger partial charge in [0.2, 0.25) is 11.8 Å². The Labute approximate surface area is 159 Å². The fraction of sp³-hybridized carbons (Fsp3) is 0.550. The van der Waals surface area contributed by atoms with Gasteiger partial charge in [-0.2, -0.15) is 0 Å². The van der Waals surface area contributed by atoms with Crippen molar-refractivity contribution in [3.8, 4) is 0 Å². The molecule has 1 aromatic rings. The van der Waals surface area contributed by atoms with Gasteiger partial charge in [-0.05, 0) is 37.5 Å². The maximum absolute atomic E-state index is 12.9. The lowest BCUT2D eigenvalue weighted by atomic mass is 10.0. The second kappa shape index (κ2) is 7.05. The van der Waals surface area contributed by atoms with E-state index < -0.39 is 6.04 Å². The van der Waals surface area contributed by atoms with Crippen molar-refractivity contribution in [1.29, 1.82) is 0 Å². The molecule has 1 unspecified atom stereocenters. The van der Waals surface area contributed by atoms with Crippen LogP contribution in [0.5, 0.6) is 0 Å². The topological polar surface area (TPSA) is 81.8 Å². The van der Waals surface area contributed by atoms with Gasteiger partial charge in [-0.15, -0.1) is 0 Å². The molecule has 2 fully saturated rings. The van der Waals surface area contributed by atoms with Crippen LogP contribution < -0.4 is 10.6 Å². The number of carbonyl (C=O) groups is 3. The molecule has 144 valence electrons. The van der Waals surface area contributed by atoms with Crippen molar-refractivity contribution in [2.24, 2.45) is 0 Å². The van der Waals surface area contributed by atoms with E-state index in [-0.39, 0.29) is 24.1 Å². The zero-order valence-corrected chi connectivity index (χ0v) is 15.8. The zero-order valence-electron chi connectivity index (χ0n) is 15.8. The lowest BCUT2D eigenvalue weighted by Gasteiger charge is -2.38. The summed E-state index contributed by atoms with van der Waals surface area (Å²) in [6.45, 7) is 7.62. The zero-order chi connectivity index (χ0) is 19.1. The van der Waals surface area contributed by atoms with Crippen molar-refractivity contribution >= 4 is 17.7 Å². The van der Waals surface area contributed by atoms with Crippen LogP contribution in [0, 0.1) is 0 Å². The first-order valence-corrected chi connectivity index (χ1v) is 9.68. The minimum Gasteiger partial charge on any atom is -0.322 e. The Morgan fingerprint density at radius 1 is 1.19 bits per heavy atom. The molecule has 2 saturated heterocycles. The summed E-state index contributed by atoms with van der Waals surface area (Å²) >= 11 is 0. The number of nitrogens with one attached hydrogen (secondary N) is 2. The number of fused-ring (bicyclic) bond motifs is 1. The maximum Gasteiger partial charge on any atom is 0.255 e. The highest BCUT2D eigenvalue weighted by Crippen LogP contribution is 2.28. The Hall–Kier alpha value is -2.25. The molecule has 3 heterocycles. The molecule has 27 heavy (non-hydrogen) atoms. The number of piperazine rings is 1. The maximum atomic E-state index is 12.9. The second-order valence-electron chi connectivity index (χ2n) is 7.85. The summed E-state index contributed by atoms with van der Waals surface area (Å²) in [5.41, 5.74) is 2.76. The monoisotopic (exact) mass is 370 g/mol. The summed E-state index contributed by atoms with van der Waals surface area (Å²) in [6.07, 6.45) is 0.675. The molecule has 7 heteroatoms. The van der Waals surface area contributed by atoms with Gasteiger partial charge in [0.15, 0.2) is 0 Å². The Kier molecular flexibility index (Phi) is 4.74. The van der Waals surface area contributed by atoms with Gasteiger partial charge in [-0.3, -0.25) is 24.6 Å². The third-order valence-electron chi connectivity index (χ3n) is 6.14. The first-order valence-electron chi connectivity index (χ1n) is 9.68. The lowest BCUT2D eigenvalue weighted by molar-refractivity contribution is -0.136. The molecule has 7 nitrogen and oxygen atoms in total. The van der Waals surface area contributed by atoms with E-state index in [1.807, 2.05) is 12.1 Å². The molecular weight excluding hydrogens is 344 g/mol. The van der Waals surface area contributed by atoms with E-state index in [0.29, 0.717) is 30.6 Å². The predicted molar refractivity (Wildman–Crippen MR) is 99.8 cm³/mol. The number of carbonyl (C=O) groups excluding carboxylic acids is 3. The summed E-state index contributed by atoms with van der Waals surface area (Å²) in [5.74, 6) is -0.735. The summed E-state index contributed by atoms with van der Waals surface area (Å²) in [5, 5.41) is 5.83. The number of piperidine rings is 1. The minimum atomic E-state index is -0.555. The average molecular weight is 370 g/mol. The number of benzene rings is 1. The standard InChI is InChI=1S/C20H26N4O3/c1-12-13(2)23(8-7-21-12)10-14-3-4-15-11-24(20(27)16(15)9-14)17-5-6-18(25)22-19(17)26/h3-4,9,12-13,17,21H,5-8,10-11H2,1-2H3,(H,22,25,26)/t12-,13+,17?/m1/s1. The third-order valence-corrected chi connectivity index (χ3v) is 6.14. The van der Waals surface area contributed by atoms with E-state index in [9.17, 15) is 14.4 Å². The van der Waals surface area contributed by atoms with E-state index in [0.717, 1.165) is 30.8 Å². The number of hydrogen-bond acceptors (Lipinski definition) is 5. The van der Waals surface area contributed by atoms with Gasteiger partial charge in [0.05, 0.1) is 0 Å². The van der Waals surface area contributed by atoms with Crippen molar-refractivity contribution in [1.82, 2.24) is 20.4 Å². The lowest BCUT2D eigenvalue weighted by Crippen LogP contribution is -2.54. The molecule has 3 aliphatic heterocycles. The molecule has 0 spiro atoms. The van der Waals surface area contributed by atoms with Crippen LogP contribution in [0.3, 0.4) is 0 Å². The van der Waals surface area contributed by atoms with Gasteiger partial charge in [0, 0.05) is 50.2 Å². The molecule has 3 aliphatic rings. The minimum absolute atomic E-state index is 0.108. The molecule has 0 aromatic heterocycles. The van der Waals surface area contributed by atoms with Crippen molar-refractivity contribution in [3.63, 3.8) is 0 Å². The average Bonchev–Trinajstić information content (AvgIpc) is 2.95. The first kappa shape index (κ1) is 18.1. The summed E-state index contributed by atoms with van der Waals surface area (Å²) in [7, 11) is 0. The van der Waals surface area contributed by atoms with Gasteiger partial charge >= 0.3 is 0 Å². The van der Waals surface area contributed by atoms with Crippen LogP contribution >= 0.6 is 0 Å². The van der Waals surface area contributed by atoms with Crippen molar-refractivity contribution in [2.45, 2.75) is 57.9 Å². The summed E-state index contributed by atoms with van der Waals surface area (Å²) in [4.78, 5) is 40.5. The van der Waals surface area contributed by atoms with Crippen LogP contribution in [-0.4, -0.2) is 58.7 Å². The number of nitrogens with zero attached hydrogens (tertiary/aromatic N) is 2. The van der Waals surface area contributed by atoms with E-state index in [4.69, 9.17) is 0 Å². The Morgan fingerprint density at radius 2 is 2.00 bits per heavy atom. The molecule has 4 rings (SSSR count). The molecule has 0 saturated carbocycles. The van der Waals surface area contributed by atoms with Crippen molar-refractivity contribution in [2.75, 3.05) is 13.1 Å². The Morgan fingerprint density at radius 3 is 2.78 bits per heavy atom. The largest absolute Gasteiger partial charge is 0.322 e.